The molecule has 33 heavy (non-hydrogen) atoms. The number of halogens is 3. The average molecular weight is 462 g/mol. The van der Waals surface area contributed by atoms with Gasteiger partial charge in [0.2, 0.25) is 0 Å². The lowest BCUT2D eigenvalue weighted by Gasteiger charge is -2.13. The number of rotatable bonds is 6. The van der Waals surface area contributed by atoms with Crippen LogP contribution in [0.25, 0.3) is 5.69 Å². The Kier molecular flexibility index (Phi) is 6.47. The number of hydrogen-bond acceptors (Lipinski definition) is 6. The van der Waals surface area contributed by atoms with Gasteiger partial charge in [0.25, 0.3) is 11.6 Å². The molecule has 12 heteroatoms. The zero-order valence-corrected chi connectivity index (χ0v) is 17.3. The van der Waals surface area contributed by atoms with Crippen LogP contribution in [0.1, 0.15) is 38.9 Å². The SMILES string of the molecule is CCOC(=O)c1cnn(-c2cccc(NC(=O)c3ccc([N+](=O)[O-])c(C)c3)c2)c1C(F)(F)F. The number of nitrogens with one attached hydrogen (secondary N) is 1. The minimum atomic E-state index is -4.91. The highest BCUT2D eigenvalue weighted by molar-refractivity contribution is 6.04. The third-order valence-electron chi connectivity index (χ3n) is 4.54. The molecule has 172 valence electrons. The molecule has 1 aromatic heterocycles. The smallest absolute Gasteiger partial charge is 0.434 e. The third kappa shape index (κ3) is 5.00. The standard InChI is InChI=1S/C21H17F3N4O5/c1-3-33-20(30)16-11-25-27(18(16)21(22,23)24)15-6-4-5-14(10-15)26-19(29)13-7-8-17(28(31)32)12(2)9-13/h4-11H,3H2,1-2H3,(H,26,29). The summed E-state index contributed by atoms with van der Waals surface area (Å²) in [6, 6.07) is 9.21. The molecule has 3 rings (SSSR count). The first-order valence-electron chi connectivity index (χ1n) is 9.52. The Morgan fingerprint density at radius 3 is 2.55 bits per heavy atom. The van der Waals surface area contributed by atoms with E-state index in [9.17, 15) is 32.9 Å². The summed E-state index contributed by atoms with van der Waals surface area (Å²) < 4.78 is 46.3. The highest BCUT2D eigenvalue weighted by atomic mass is 19.4. The lowest BCUT2D eigenvalue weighted by atomic mass is 10.1. The number of anilines is 1. The van der Waals surface area contributed by atoms with Crippen molar-refractivity contribution in [2.24, 2.45) is 0 Å². The van der Waals surface area contributed by atoms with E-state index in [1.165, 1.54) is 56.3 Å². The largest absolute Gasteiger partial charge is 0.462 e. The number of hydrogen-bond donors (Lipinski definition) is 1. The minimum absolute atomic E-state index is 0.0597. The van der Waals surface area contributed by atoms with Crippen LogP contribution >= 0.6 is 0 Å². The number of alkyl halides is 3. The van der Waals surface area contributed by atoms with Crippen molar-refractivity contribution in [2.75, 3.05) is 11.9 Å². The molecule has 0 unspecified atom stereocenters. The molecule has 0 spiro atoms. The second-order valence-electron chi connectivity index (χ2n) is 6.80. The molecule has 1 amide bonds. The molecule has 0 aliphatic heterocycles. The Morgan fingerprint density at radius 2 is 1.94 bits per heavy atom. The van der Waals surface area contributed by atoms with Gasteiger partial charge in [-0.2, -0.15) is 18.3 Å². The molecule has 0 fully saturated rings. The van der Waals surface area contributed by atoms with Gasteiger partial charge in [-0.15, -0.1) is 0 Å². The van der Waals surface area contributed by atoms with Crippen molar-refractivity contribution in [3.05, 3.63) is 81.2 Å². The molecular weight excluding hydrogens is 445 g/mol. The molecule has 0 atom stereocenters. The van der Waals surface area contributed by atoms with E-state index < -0.39 is 34.2 Å². The molecule has 0 saturated heterocycles. The van der Waals surface area contributed by atoms with Gasteiger partial charge in [-0.05, 0) is 44.2 Å². The quantitative estimate of drug-likeness (QED) is 0.327. The van der Waals surface area contributed by atoms with Crippen molar-refractivity contribution >= 4 is 23.3 Å². The average Bonchev–Trinajstić information content (AvgIpc) is 3.20. The highest BCUT2D eigenvalue weighted by Gasteiger charge is 2.41. The first-order valence-corrected chi connectivity index (χ1v) is 9.52. The van der Waals surface area contributed by atoms with Crippen LogP contribution in [0.5, 0.6) is 0 Å². The summed E-state index contributed by atoms with van der Waals surface area (Å²) >= 11 is 0. The summed E-state index contributed by atoms with van der Waals surface area (Å²) in [6.45, 7) is 2.84. The van der Waals surface area contributed by atoms with Crippen LogP contribution in [-0.4, -0.2) is 33.2 Å². The summed E-state index contributed by atoms with van der Waals surface area (Å²) in [5.41, 5.74) is -1.70. The van der Waals surface area contributed by atoms with Crippen molar-refractivity contribution < 1.29 is 32.4 Å². The number of esters is 1. The fourth-order valence-electron chi connectivity index (χ4n) is 3.10. The van der Waals surface area contributed by atoms with Gasteiger partial charge in [0, 0.05) is 22.9 Å². The van der Waals surface area contributed by atoms with Crippen molar-refractivity contribution in [1.82, 2.24) is 9.78 Å². The molecule has 0 saturated carbocycles. The van der Waals surface area contributed by atoms with E-state index in [-0.39, 0.29) is 34.8 Å². The zero-order valence-electron chi connectivity index (χ0n) is 17.3. The first-order chi connectivity index (χ1) is 15.5. The molecular formula is C21H17F3N4O5. The second kappa shape index (κ2) is 9.10. The van der Waals surface area contributed by atoms with Crippen LogP contribution in [0.4, 0.5) is 24.5 Å². The number of nitro groups is 1. The summed E-state index contributed by atoms with van der Waals surface area (Å²) in [5, 5.41) is 17.2. The van der Waals surface area contributed by atoms with Gasteiger partial charge in [0.05, 0.1) is 23.4 Å². The Labute approximate surface area is 184 Å². The lowest BCUT2D eigenvalue weighted by Crippen LogP contribution is -2.18. The predicted molar refractivity (Wildman–Crippen MR) is 110 cm³/mol. The van der Waals surface area contributed by atoms with Crippen LogP contribution in [0.2, 0.25) is 0 Å². The van der Waals surface area contributed by atoms with E-state index >= 15 is 0 Å². The van der Waals surface area contributed by atoms with E-state index in [1.54, 1.807) is 0 Å². The van der Waals surface area contributed by atoms with Crippen LogP contribution < -0.4 is 5.32 Å². The van der Waals surface area contributed by atoms with E-state index in [0.29, 0.717) is 4.68 Å². The van der Waals surface area contributed by atoms with E-state index in [0.717, 1.165) is 6.20 Å². The Morgan fingerprint density at radius 1 is 1.21 bits per heavy atom. The monoisotopic (exact) mass is 462 g/mol. The van der Waals surface area contributed by atoms with E-state index in [1.807, 2.05) is 0 Å². The van der Waals surface area contributed by atoms with Crippen LogP contribution in [0.3, 0.4) is 0 Å². The molecule has 0 aliphatic carbocycles. The van der Waals surface area contributed by atoms with Crippen molar-refractivity contribution in [3.8, 4) is 5.69 Å². The Hall–Kier alpha value is -4.22. The fourth-order valence-corrected chi connectivity index (χ4v) is 3.10. The number of aromatic nitrogens is 2. The zero-order chi connectivity index (χ0) is 24.3. The van der Waals surface area contributed by atoms with Crippen LogP contribution in [0, 0.1) is 17.0 Å². The number of ether oxygens (including phenoxy) is 1. The number of nitrogens with zero attached hydrogens (tertiary/aromatic N) is 3. The Balaban J connectivity index is 1.93. The molecule has 1 N–H and O–H groups in total. The van der Waals surface area contributed by atoms with Gasteiger partial charge in [-0.1, -0.05) is 6.07 Å². The molecule has 2 aromatic carbocycles. The molecule has 9 nitrogen and oxygen atoms in total. The molecule has 0 aliphatic rings. The van der Waals surface area contributed by atoms with Crippen LogP contribution in [0.15, 0.2) is 48.7 Å². The number of carbonyl (C=O) groups excluding carboxylic acids is 2. The van der Waals surface area contributed by atoms with Crippen molar-refractivity contribution in [2.45, 2.75) is 20.0 Å². The fraction of sp³-hybridized carbons (Fsp3) is 0.190. The molecule has 3 aromatic rings. The first kappa shape index (κ1) is 23.4. The maximum atomic E-state index is 13.7. The summed E-state index contributed by atoms with van der Waals surface area (Å²) in [5.74, 6) is -1.78. The van der Waals surface area contributed by atoms with Gasteiger partial charge in [0.15, 0.2) is 5.69 Å². The summed E-state index contributed by atoms with van der Waals surface area (Å²) in [7, 11) is 0. The van der Waals surface area contributed by atoms with Gasteiger partial charge in [-0.3, -0.25) is 14.9 Å². The number of aryl methyl sites for hydroxylation is 1. The third-order valence-corrected chi connectivity index (χ3v) is 4.54. The lowest BCUT2D eigenvalue weighted by molar-refractivity contribution is -0.385. The molecule has 0 radical (unpaired) electrons. The minimum Gasteiger partial charge on any atom is -0.462 e. The number of nitro benzene ring substituents is 1. The number of benzene rings is 2. The van der Waals surface area contributed by atoms with Crippen LogP contribution in [-0.2, 0) is 10.9 Å². The Bertz CT molecular complexity index is 1240. The normalized spacial score (nSPS) is 11.2. The maximum Gasteiger partial charge on any atom is 0.434 e. The number of amides is 1. The highest BCUT2D eigenvalue weighted by Crippen LogP contribution is 2.34. The van der Waals surface area contributed by atoms with Crippen molar-refractivity contribution in [3.63, 3.8) is 0 Å². The predicted octanol–water partition coefficient (Wildman–Crippen LogP) is 4.54. The summed E-state index contributed by atoms with van der Waals surface area (Å²) in [4.78, 5) is 34.8. The van der Waals surface area contributed by atoms with Gasteiger partial charge in [0.1, 0.15) is 5.56 Å². The van der Waals surface area contributed by atoms with Gasteiger partial charge < -0.3 is 10.1 Å². The van der Waals surface area contributed by atoms with E-state index in [4.69, 9.17) is 0 Å². The number of carbonyl (C=O) groups is 2. The maximum absolute atomic E-state index is 13.7. The molecule has 0 bridgehead atoms. The van der Waals surface area contributed by atoms with E-state index in [2.05, 4.69) is 15.2 Å². The molecule has 1 heterocycles. The van der Waals surface area contributed by atoms with Gasteiger partial charge >= 0.3 is 12.1 Å². The topological polar surface area (TPSA) is 116 Å². The summed E-state index contributed by atoms with van der Waals surface area (Å²) in [6.07, 6.45) is -4.14. The van der Waals surface area contributed by atoms with Crippen molar-refractivity contribution in [1.29, 1.82) is 0 Å². The second-order valence-corrected chi connectivity index (χ2v) is 6.80. The van der Waals surface area contributed by atoms with Gasteiger partial charge in [-0.25, -0.2) is 9.48 Å².